The molecule has 0 spiro atoms. The number of hydrogen-bond acceptors (Lipinski definition) is 6. The Balaban J connectivity index is 0.00000145. The second-order valence-corrected chi connectivity index (χ2v) is 7.93. The van der Waals surface area contributed by atoms with E-state index in [2.05, 4.69) is 5.10 Å². The Hall–Kier alpha value is -2.09. The van der Waals surface area contributed by atoms with Crippen LogP contribution in [0.4, 0.5) is 4.79 Å². The number of aromatic nitrogens is 2. The zero-order valence-electron chi connectivity index (χ0n) is 18.6. The highest BCUT2D eigenvalue weighted by molar-refractivity contribution is 5.89. The molecule has 3 heterocycles. The molecule has 0 aliphatic carbocycles. The van der Waals surface area contributed by atoms with Gasteiger partial charge in [0.2, 0.25) is 0 Å². The van der Waals surface area contributed by atoms with Crippen molar-refractivity contribution < 1.29 is 23.8 Å². The molecule has 0 saturated carbocycles. The van der Waals surface area contributed by atoms with Crippen LogP contribution < -0.4 is 0 Å². The molecule has 0 bridgehead atoms. The van der Waals surface area contributed by atoms with Crippen LogP contribution in [0.3, 0.4) is 0 Å². The summed E-state index contributed by atoms with van der Waals surface area (Å²) in [6, 6.07) is 0.212. The zero-order valence-corrected chi connectivity index (χ0v) is 18.6. The van der Waals surface area contributed by atoms with E-state index in [-0.39, 0.29) is 18.7 Å². The van der Waals surface area contributed by atoms with Gasteiger partial charge in [-0.25, -0.2) is 9.59 Å². The van der Waals surface area contributed by atoms with Gasteiger partial charge < -0.3 is 19.1 Å². The van der Waals surface area contributed by atoms with Crippen LogP contribution in [0, 0.1) is 0 Å². The molecule has 0 atom stereocenters. The molecule has 3 rings (SSSR count). The maximum atomic E-state index is 12.5. The maximum absolute atomic E-state index is 12.5. The number of esters is 1. The molecule has 0 N–H and O–H groups in total. The van der Waals surface area contributed by atoms with Crippen molar-refractivity contribution in [3.8, 4) is 0 Å². The van der Waals surface area contributed by atoms with E-state index >= 15 is 0 Å². The normalized spacial score (nSPS) is 17.1. The van der Waals surface area contributed by atoms with Crippen LogP contribution >= 0.6 is 0 Å². The molecule has 164 valence electrons. The fourth-order valence-corrected chi connectivity index (χ4v) is 3.52. The first-order valence-corrected chi connectivity index (χ1v) is 10.6. The number of rotatable bonds is 3. The van der Waals surface area contributed by atoms with Crippen LogP contribution in [-0.2, 0) is 27.2 Å². The Morgan fingerprint density at radius 2 is 1.86 bits per heavy atom. The highest BCUT2D eigenvalue weighted by atomic mass is 16.6. The van der Waals surface area contributed by atoms with Crippen molar-refractivity contribution in [2.45, 2.75) is 79.0 Å². The quantitative estimate of drug-likeness (QED) is 0.708. The largest absolute Gasteiger partial charge is 0.461 e. The Kier molecular flexibility index (Phi) is 8.07. The van der Waals surface area contributed by atoms with Gasteiger partial charge in [-0.15, -0.1) is 0 Å². The van der Waals surface area contributed by atoms with Crippen molar-refractivity contribution in [1.82, 2.24) is 14.7 Å². The molecular formula is C21H35N3O5. The highest BCUT2D eigenvalue weighted by Gasteiger charge is 2.34. The number of ether oxygens (including phenoxy) is 3. The molecule has 1 saturated heterocycles. The number of fused-ring (bicyclic) bond motifs is 1. The van der Waals surface area contributed by atoms with Gasteiger partial charge in [0, 0.05) is 37.4 Å². The number of hydrogen-bond donors (Lipinski definition) is 0. The van der Waals surface area contributed by atoms with Crippen LogP contribution in [0.15, 0.2) is 0 Å². The average molecular weight is 410 g/mol. The average Bonchev–Trinajstić information content (AvgIpc) is 3.08. The summed E-state index contributed by atoms with van der Waals surface area (Å²) in [6.07, 6.45) is 2.00. The Bertz CT molecular complexity index is 702. The third kappa shape index (κ3) is 5.72. The van der Waals surface area contributed by atoms with Crippen molar-refractivity contribution in [1.29, 1.82) is 0 Å². The van der Waals surface area contributed by atoms with E-state index in [1.807, 2.05) is 39.3 Å². The van der Waals surface area contributed by atoms with Gasteiger partial charge in [-0.2, -0.15) is 5.10 Å². The van der Waals surface area contributed by atoms with Gasteiger partial charge in [0.1, 0.15) is 5.60 Å². The zero-order chi connectivity index (χ0) is 21.6. The summed E-state index contributed by atoms with van der Waals surface area (Å²) in [6.45, 7) is 13.8. The van der Waals surface area contributed by atoms with Crippen LogP contribution in [0.1, 0.15) is 82.2 Å². The van der Waals surface area contributed by atoms with Gasteiger partial charge >= 0.3 is 12.1 Å². The molecule has 8 nitrogen and oxygen atoms in total. The molecule has 2 aliphatic rings. The third-order valence-corrected chi connectivity index (χ3v) is 4.74. The summed E-state index contributed by atoms with van der Waals surface area (Å²) in [5, 5.41) is 4.61. The fraction of sp³-hybridized carbons (Fsp3) is 0.762. The van der Waals surface area contributed by atoms with E-state index in [0.29, 0.717) is 38.4 Å². The lowest BCUT2D eigenvalue weighted by molar-refractivity contribution is 0.0217. The van der Waals surface area contributed by atoms with E-state index in [4.69, 9.17) is 14.2 Å². The van der Waals surface area contributed by atoms with E-state index < -0.39 is 11.6 Å². The van der Waals surface area contributed by atoms with Gasteiger partial charge in [-0.05, 0) is 40.5 Å². The SMILES string of the molecule is CC.CCOC(=O)c1nn(C2CCOCC2)c2c1CN(C(=O)OC(C)(C)C)CC2. The second kappa shape index (κ2) is 10.1. The van der Waals surface area contributed by atoms with Crippen LogP contribution in [0.2, 0.25) is 0 Å². The minimum atomic E-state index is -0.562. The molecule has 29 heavy (non-hydrogen) atoms. The molecule has 8 heteroatoms. The highest BCUT2D eigenvalue weighted by Crippen LogP contribution is 2.30. The summed E-state index contributed by atoms with van der Waals surface area (Å²) in [7, 11) is 0. The Morgan fingerprint density at radius 1 is 1.21 bits per heavy atom. The fourth-order valence-electron chi connectivity index (χ4n) is 3.52. The lowest BCUT2D eigenvalue weighted by atomic mass is 10.0. The lowest BCUT2D eigenvalue weighted by Gasteiger charge is -2.31. The van der Waals surface area contributed by atoms with Crippen molar-refractivity contribution in [3.05, 3.63) is 17.0 Å². The Morgan fingerprint density at radius 3 is 2.45 bits per heavy atom. The predicted molar refractivity (Wildman–Crippen MR) is 109 cm³/mol. The van der Waals surface area contributed by atoms with Crippen LogP contribution in [0.5, 0.6) is 0 Å². The molecule has 1 aromatic rings. The molecule has 1 aromatic heterocycles. The number of carbonyl (C=O) groups is 2. The molecule has 0 radical (unpaired) electrons. The number of nitrogens with zero attached hydrogens (tertiary/aromatic N) is 3. The van der Waals surface area contributed by atoms with E-state index in [1.54, 1.807) is 11.8 Å². The molecule has 0 unspecified atom stereocenters. The number of amides is 1. The van der Waals surface area contributed by atoms with Crippen molar-refractivity contribution >= 4 is 12.1 Å². The maximum Gasteiger partial charge on any atom is 0.410 e. The van der Waals surface area contributed by atoms with Crippen molar-refractivity contribution in [2.75, 3.05) is 26.4 Å². The molecular weight excluding hydrogens is 374 g/mol. The van der Waals surface area contributed by atoms with E-state index in [1.165, 1.54) is 0 Å². The summed E-state index contributed by atoms with van der Waals surface area (Å²) >= 11 is 0. The minimum absolute atomic E-state index is 0.212. The van der Waals surface area contributed by atoms with Gasteiger partial charge in [-0.3, -0.25) is 4.68 Å². The van der Waals surface area contributed by atoms with Crippen LogP contribution in [0.25, 0.3) is 0 Å². The standard InChI is InChI=1S/C19H29N3O5.C2H6/c1-5-26-17(23)16-14-12-21(18(24)27-19(2,3)4)9-6-15(14)22(20-16)13-7-10-25-11-8-13;1-2/h13H,5-12H2,1-4H3;1-2H3. The second-order valence-electron chi connectivity index (χ2n) is 7.93. The Labute approximate surface area is 173 Å². The predicted octanol–water partition coefficient (Wildman–Crippen LogP) is 3.73. The lowest BCUT2D eigenvalue weighted by Crippen LogP contribution is -2.40. The first-order chi connectivity index (χ1) is 13.8. The smallest absolute Gasteiger partial charge is 0.410 e. The van der Waals surface area contributed by atoms with E-state index in [9.17, 15) is 9.59 Å². The van der Waals surface area contributed by atoms with Gasteiger partial charge in [0.15, 0.2) is 5.69 Å². The molecule has 1 fully saturated rings. The molecule has 2 aliphatic heterocycles. The summed E-state index contributed by atoms with van der Waals surface area (Å²) < 4.78 is 18.1. The monoisotopic (exact) mass is 409 g/mol. The van der Waals surface area contributed by atoms with Gasteiger partial charge in [-0.1, -0.05) is 13.8 Å². The van der Waals surface area contributed by atoms with E-state index in [0.717, 1.165) is 24.1 Å². The van der Waals surface area contributed by atoms with Crippen LogP contribution in [-0.4, -0.2) is 58.7 Å². The summed E-state index contributed by atoms with van der Waals surface area (Å²) in [5.74, 6) is -0.439. The van der Waals surface area contributed by atoms with Gasteiger partial charge in [0.25, 0.3) is 0 Å². The molecule has 0 aromatic carbocycles. The van der Waals surface area contributed by atoms with Gasteiger partial charge in [0.05, 0.1) is 19.2 Å². The number of carbonyl (C=O) groups excluding carboxylic acids is 2. The topological polar surface area (TPSA) is 82.9 Å². The third-order valence-electron chi connectivity index (χ3n) is 4.74. The summed E-state index contributed by atoms with van der Waals surface area (Å²) in [4.78, 5) is 26.6. The first-order valence-electron chi connectivity index (χ1n) is 10.6. The first kappa shape index (κ1) is 23.2. The molecule has 1 amide bonds. The van der Waals surface area contributed by atoms with Crippen molar-refractivity contribution in [3.63, 3.8) is 0 Å². The summed E-state index contributed by atoms with van der Waals surface area (Å²) in [5.41, 5.74) is 1.54. The minimum Gasteiger partial charge on any atom is -0.461 e. The van der Waals surface area contributed by atoms with Crippen molar-refractivity contribution in [2.24, 2.45) is 0 Å².